The number of hydrogen-bond donors (Lipinski definition) is 0. The van der Waals surface area contributed by atoms with Crippen LogP contribution in [0.3, 0.4) is 0 Å². The van der Waals surface area contributed by atoms with Gasteiger partial charge in [-0.15, -0.1) is 0 Å². The summed E-state index contributed by atoms with van der Waals surface area (Å²) in [5.41, 5.74) is 0.0393. The van der Waals surface area contributed by atoms with Crippen LogP contribution < -0.4 is 18.9 Å². The zero-order valence-corrected chi connectivity index (χ0v) is 25.2. The second kappa shape index (κ2) is 14.9. The third-order valence-electron chi connectivity index (χ3n) is 7.68. The summed E-state index contributed by atoms with van der Waals surface area (Å²) >= 11 is 0. The predicted octanol–water partition coefficient (Wildman–Crippen LogP) is 8.62. The molecule has 10 heteroatoms. The van der Waals surface area contributed by atoms with Gasteiger partial charge in [-0.3, -0.25) is 0 Å². The Kier molecular flexibility index (Phi) is 11.0. The van der Waals surface area contributed by atoms with Crippen molar-refractivity contribution < 1.29 is 46.5 Å². The largest absolute Gasteiger partial charge is 0.490 e. The van der Waals surface area contributed by atoms with Crippen LogP contribution in [0.1, 0.15) is 84.6 Å². The van der Waals surface area contributed by atoms with E-state index in [4.69, 9.17) is 18.9 Å². The van der Waals surface area contributed by atoms with Gasteiger partial charge >= 0.3 is 24.1 Å². The van der Waals surface area contributed by atoms with E-state index in [1.54, 1.807) is 19.1 Å². The molecule has 0 bridgehead atoms. The van der Waals surface area contributed by atoms with Crippen LogP contribution >= 0.6 is 0 Å². The molecule has 0 radical (unpaired) electrons. The number of carbonyl (C=O) groups excluding carboxylic acids is 3. The van der Waals surface area contributed by atoms with Crippen LogP contribution in [-0.4, -0.2) is 30.7 Å². The Labute approximate surface area is 259 Å². The van der Waals surface area contributed by atoms with E-state index < -0.39 is 29.7 Å². The van der Waals surface area contributed by atoms with Gasteiger partial charge in [-0.2, -0.15) is 13.2 Å². The topological polar surface area (TPSA) is 88.1 Å². The molecule has 0 N–H and O–H groups in total. The molecule has 1 fully saturated rings. The summed E-state index contributed by atoms with van der Waals surface area (Å²) in [6, 6.07) is 16.8. The summed E-state index contributed by atoms with van der Waals surface area (Å²) in [6.45, 7) is 6.71. The van der Waals surface area contributed by atoms with E-state index in [1.165, 1.54) is 67.6 Å². The molecule has 0 amide bonds. The molecule has 0 aromatic heterocycles. The van der Waals surface area contributed by atoms with Crippen molar-refractivity contribution >= 4 is 17.9 Å². The van der Waals surface area contributed by atoms with E-state index in [9.17, 15) is 27.6 Å². The monoisotopic (exact) mass is 624 g/mol. The highest BCUT2D eigenvalue weighted by Gasteiger charge is 2.38. The summed E-state index contributed by atoms with van der Waals surface area (Å²) in [4.78, 5) is 37.4. The van der Waals surface area contributed by atoms with E-state index >= 15 is 0 Å². The normalized spacial score (nSPS) is 16.4. The molecular weight excluding hydrogens is 589 g/mol. The zero-order chi connectivity index (χ0) is 32.6. The summed E-state index contributed by atoms with van der Waals surface area (Å²) < 4.78 is 59.5. The number of hydrogen-bond acceptors (Lipinski definition) is 7. The second-order valence-corrected chi connectivity index (χ2v) is 10.8. The van der Waals surface area contributed by atoms with Crippen LogP contribution in [0.4, 0.5) is 13.2 Å². The Morgan fingerprint density at radius 2 is 1.31 bits per heavy atom. The molecule has 0 unspecified atom stereocenters. The second-order valence-electron chi connectivity index (χ2n) is 10.8. The number of esters is 3. The highest BCUT2D eigenvalue weighted by Crippen LogP contribution is 2.38. The minimum Gasteiger partial charge on any atom is -0.490 e. The molecule has 238 valence electrons. The van der Waals surface area contributed by atoms with Crippen molar-refractivity contribution in [2.24, 2.45) is 5.92 Å². The number of ether oxygens (including phenoxy) is 4. The quantitative estimate of drug-likeness (QED) is 0.120. The predicted molar refractivity (Wildman–Crippen MR) is 161 cm³/mol. The fourth-order valence-electron chi connectivity index (χ4n) is 5.26. The van der Waals surface area contributed by atoms with Crippen LogP contribution in [0.5, 0.6) is 23.0 Å². The molecule has 1 aliphatic carbocycles. The molecule has 1 aliphatic rings. The zero-order valence-electron chi connectivity index (χ0n) is 25.2. The molecule has 3 aromatic carbocycles. The lowest BCUT2D eigenvalue weighted by Crippen LogP contribution is -2.23. The number of rotatable bonds is 11. The molecule has 7 nitrogen and oxygen atoms in total. The molecule has 3 aromatic rings. The maximum Gasteiger partial charge on any atom is 0.422 e. The van der Waals surface area contributed by atoms with Crippen molar-refractivity contribution in [2.75, 3.05) is 6.61 Å². The van der Waals surface area contributed by atoms with Crippen molar-refractivity contribution in [3.63, 3.8) is 0 Å². The van der Waals surface area contributed by atoms with E-state index in [1.807, 2.05) is 12.1 Å². The molecular formula is C35H35F3O7. The first-order chi connectivity index (χ1) is 21.5. The van der Waals surface area contributed by atoms with E-state index in [-0.39, 0.29) is 35.2 Å². The SMILES string of the molecule is C=C(C(=O)Oc1cc(OC(=O)c2ccc(OC(=O)c3ccc(C4CCC(CCC)CC4)cc3)cc2)ccc1OCC)C(F)(F)F. The maximum atomic E-state index is 12.9. The number of alkyl halides is 3. The maximum absolute atomic E-state index is 12.9. The van der Waals surface area contributed by atoms with Crippen molar-refractivity contribution in [1.29, 1.82) is 0 Å². The standard InChI is InChI=1S/C35H35F3O7/c1-4-6-23-7-9-24(10-8-23)25-11-13-26(14-12-25)33(40)43-28-17-15-27(16-18-28)34(41)44-29-19-20-30(42-5-2)31(21-29)45-32(39)22(3)35(36,37)38/h11-21,23-24H,3-10H2,1-2H3. The lowest BCUT2D eigenvalue weighted by Gasteiger charge is -2.28. The Bertz CT molecular complexity index is 1500. The third-order valence-corrected chi connectivity index (χ3v) is 7.68. The number of carbonyl (C=O) groups is 3. The molecule has 0 aliphatic heterocycles. The first kappa shape index (κ1) is 33.3. The highest BCUT2D eigenvalue weighted by atomic mass is 19.4. The molecule has 1 saturated carbocycles. The van der Waals surface area contributed by atoms with Crippen LogP contribution in [0, 0.1) is 5.92 Å². The first-order valence-corrected chi connectivity index (χ1v) is 14.9. The van der Waals surface area contributed by atoms with Gasteiger partial charge in [0.1, 0.15) is 17.1 Å². The smallest absolute Gasteiger partial charge is 0.422 e. The van der Waals surface area contributed by atoms with Crippen LogP contribution in [0.2, 0.25) is 0 Å². The van der Waals surface area contributed by atoms with Gasteiger partial charge in [0.2, 0.25) is 0 Å². The molecule has 45 heavy (non-hydrogen) atoms. The lowest BCUT2D eigenvalue weighted by atomic mass is 9.77. The molecule has 4 rings (SSSR count). The third kappa shape index (κ3) is 8.97. The van der Waals surface area contributed by atoms with Crippen LogP contribution in [0.25, 0.3) is 0 Å². The van der Waals surface area contributed by atoms with Gasteiger partial charge in [0.15, 0.2) is 11.5 Å². The average Bonchev–Trinajstić information content (AvgIpc) is 3.02. The minimum absolute atomic E-state index is 0.0315. The highest BCUT2D eigenvalue weighted by molar-refractivity contribution is 5.93. The van der Waals surface area contributed by atoms with Crippen molar-refractivity contribution in [3.8, 4) is 23.0 Å². The van der Waals surface area contributed by atoms with Gasteiger partial charge in [-0.1, -0.05) is 38.5 Å². The van der Waals surface area contributed by atoms with Gasteiger partial charge in [0, 0.05) is 6.07 Å². The Balaban J connectivity index is 1.35. The first-order valence-electron chi connectivity index (χ1n) is 14.9. The Hall–Kier alpha value is -4.60. The average molecular weight is 625 g/mol. The summed E-state index contributed by atoms with van der Waals surface area (Å²) in [5.74, 6) is -2.05. The summed E-state index contributed by atoms with van der Waals surface area (Å²) in [5, 5.41) is 0. The van der Waals surface area contributed by atoms with Crippen molar-refractivity contribution in [2.45, 2.75) is 64.5 Å². The molecule has 0 atom stereocenters. The van der Waals surface area contributed by atoms with Crippen molar-refractivity contribution in [1.82, 2.24) is 0 Å². The summed E-state index contributed by atoms with van der Waals surface area (Å²) in [7, 11) is 0. The van der Waals surface area contributed by atoms with E-state index in [2.05, 4.69) is 13.5 Å². The van der Waals surface area contributed by atoms with E-state index in [0.717, 1.165) is 24.8 Å². The fraction of sp³-hybridized carbons (Fsp3) is 0.343. The fourth-order valence-corrected chi connectivity index (χ4v) is 5.26. The minimum atomic E-state index is -4.98. The van der Waals surface area contributed by atoms with Crippen LogP contribution in [0.15, 0.2) is 78.9 Å². The number of halogens is 3. The van der Waals surface area contributed by atoms with Gasteiger partial charge in [0.05, 0.1) is 17.7 Å². The number of benzene rings is 3. The van der Waals surface area contributed by atoms with Gasteiger partial charge < -0.3 is 18.9 Å². The lowest BCUT2D eigenvalue weighted by molar-refractivity contribution is -0.142. The van der Waals surface area contributed by atoms with E-state index in [0.29, 0.717) is 11.5 Å². The molecule has 0 spiro atoms. The molecule has 0 heterocycles. The van der Waals surface area contributed by atoms with Crippen molar-refractivity contribution in [3.05, 3.63) is 95.6 Å². The van der Waals surface area contributed by atoms with Gasteiger partial charge in [0.25, 0.3) is 0 Å². The summed E-state index contributed by atoms with van der Waals surface area (Å²) in [6.07, 6.45) is 2.33. The molecule has 0 saturated heterocycles. The van der Waals surface area contributed by atoms with Crippen LogP contribution in [-0.2, 0) is 4.79 Å². The van der Waals surface area contributed by atoms with Gasteiger partial charge in [-0.05, 0) is 98.5 Å². The Morgan fingerprint density at radius 1 is 0.756 bits per heavy atom. The Morgan fingerprint density at radius 3 is 1.87 bits per heavy atom. The van der Waals surface area contributed by atoms with Gasteiger partial charge in [-0.25, -0.2) is 14.4 Å².